The fourth-order valence-electron chi connectivity index (χ4n) is 1.03. The van der Waals surface area contributed by atoms with E-state index in [9.17, 15) is 0 Å². The molecule has 1 aliphatic rings. The normalized spacial score (nSPS) is 25.4. The molecule has 0 saturated heterocycles. The van der Waals surface area contributed by atoms with Gasteiger partial charge in [0.2, 0.25) is 0 Å². The predicted octanol–water partition coefficient (Wildman–Crippen LogP) is 0.421. The molecule has 0 fully saturated rings. The van der Waals surface area contributed by atoms with Crippen molar-refractivity contribution < 1.29 is 0 Å². The Hall–Kier alpha value is -0.730. The Morgan fingerprint density at radius 3 is 3.11 bits per heavy atom. The molecule has 0 saturated carbocycles. The summed E-state index contributed by atoms with van der Waals surface area (Å²) in [4.78, 5) is 0. The zero-order valence-corrected chi connectivity index (χ0v) is 5.72. The number of hydrazone groups is 1. The Morgan fingerprint density at radius 1 is 1.89 bits per heavy atom. The highest BCUT2D eigenvalue weighted by atomic mass is 15.3. The highest BCUT2D eigenvalue weighted by molar-refractivity contribution is 5.81. The summed E-state index contributed by atoms with van der Waals surface area (Å²) in [7, 11) is 0. The van der Waals surface area contributed by atoms with E-state index >= 15 is 0 Å². The van der Waals surface area contributed by atoms with E-state index in [1.807, 2.05) is 0 Å². The molecule has 0 aromatic carbocycles. The van der Waals surface area contributed by atoms with E-state index in [0.29, 0.717) is 6.04 Å². The van der Waals surface area contributed by atoms with Gasteiger partial charge in [-0.25, -0.2) is 0 Å². The van der Waals surface area contributed by atoms with Crippen LogP contribution in [0.15, 0.2) is 5.10 Å². The molecular formula is C6H13N3. The first-order chi connectivity index (χ1) is 4.33. The first-order valence-corrected chi connectivity index (χ1v) is 3.40. The van der Waals surface area contributed by atoms with Crippen molar-refractivity contribution in [2.45, 2.75) is 32.2 Å². The Bertz CT molecular complexity index is 119. The molecule has 3 N–H and O–H groups in total. The monoisotopic (exact) mass is 127 g/mol. The second-order valence-electron chi connectivity index (χ2n) is 2.42. The van der Waals surface area contributed by atoms with Crippen LogP contribution in [-0.2, 0) is 0 Å². The molecule has 1 rings (SSSR count). The molecule has 0 aromatic rings. The van der Waals surface area contributed by atoms with Crippen molar-refractivity contribution in [2.75, 3.05) is 0 Å². The SMILES string of the molecule is CCCC1CC(N)=NN1. The van der Waals surface area contributed by atoms with Gasteiger partial charge in [-0.15, -0.1) is 0 Å². The summed E-state index contributed by atoms with van der Waals surface area (Å²) in [5.41, 5.74) is 8.41. The van der Waals surface area contributed by atoms with Gasteiger partial charge in [-0.2, -0.15) is 5.10 Å². The van der Waals surface area contributed by atoms with Crippen LogP contribution in [0, 0.1) is 0 Å². The summed E-state index contributed by atoms with van der Waals surface area (Å²) < 4.78 is 0. The van der Waals surface area contributed by atoms with Crippen LogP contribution in [0.1, 0.15) is 26.2 Å². The van der Waals surface area contributed by atoms with Crippen molar-refractivity contribution in [3.8, 4) is 0 Å². The number of nitrogens with one attached hydrogen (secondary N) is 1. The van der Waals surface area contributed by atoms with E-state index < -0.39 is 0 Å². The summed E-state index contributed by atoms with van der Waals surface area (Å²) in [5, 5.41) is 3.88. The molecule has 52 valence electrons. The first kappa shape index (κ1) is 6.39. The predicted molar refractivity (Wildman–Crippen MR) is 38.1 cm³/mol. The highest BCUT2D eigenvalue weighted by Crippen LogP contribution is 2.05. The Balaban J connectivity index is 2.21. The lowest BCUT2D eigenvalue weighted by atomic mass is 10.1. The molecule has 1 aliphatic heterocycles. The molecule has 0 aliphatic carbocycles. The van der Waals surface area contributed by atoms with Crippen LogP contribution in [0.5, 0.6) is 0 Å². The summed E-state index contributed by atoms with van der Waals surface area (Å²) in [6.45, 7) is 2.16. The van der Waals surface area contributed by atoms with E-state index in [1.54, 1.807) is 0 Å². The molecule has 0 bridgehead atoms. The van der Waals surface area contributed by atoms with Gasteiger partial charge in [0.1, 0.15) is 5.84 Å². The number of hydrogen-bond acceptors (Lipinski definition) is 3. The maximum Gasteiger partial charge on any atom is 0.121 e. The first-order valence-electron chi connectivity index (χ1n) is 3.40. The van der Waals surface area contributed by atoms with Crippen LogP contribution in [0.2, 0.25) is 0 Å². The lowest BCUT2D eigenvalue weighted by Crippen LogP contribution is -2.19. The average Bonchev–Trinajstić information content (AvgIpc) is 2.17. The molecule has 0 spiro atoms. The van der Waals surface area contributed by atoms with Crippen LogP contribution in [-0.4, -0.2) is 11.9 Å². The Labute approximate surface area is 55.3 Å². The zero-order valence-electron chi connectivity index (χ0n) is 5.72. The van der Waals surface area contributed by atoms with Gasteiger partial charge >= 0.3 is 0 Å². The van der Waals surface area contributed by atoms with Gasteiger partial charge in [0.25, 0.3) is 0 Å². The molecule has 9 heavy (non-hydrogen) atoms. The number of nitrogens with two attached hydrogens (primary N) is 1. The number of rotatable bonds is 2. The van der Waals surface area contributed by atoms with E-state index in [0.717, 1.165) is 12.3 Å². The third-order valence-electron chi connectivity index (χ3n) is 1.48. The van der Waals surface area contributed by atoms with Gasteiger partial charge < -0.3 is 11.2 Å². The lowest BCUT2D eigenvalue weighted by molar-refractivity contribution is 0.535. The molecule has 0 radical (unpaired) electrons. The van der Waals surface area contributed by atoms with E-state index in [2.05, 4.69) is 17.5 Å². The molecule has 1 atom stereocenters. The quantitative estimate of drug-likeness (QED) is 0.565. The number of hydrogen-bond donors (Lipinski definition) is 2. The van der Waals surface area contributed by atoms with Crippen molar-refractivity contribution in [1.29, 1.82) is 0 Å². The number of nitrogens with zero attached hydrogens (tertiary/aromatic N) is 1. The second kappa shape index (κ2) is 2.71. The summed E-state index contributed by atoms with van der Waals surface area (Å²) >= 11 is 0. The maximum absolute atomic E-state index is 5.44. The fraction of sp³-hybridized carbons (Fsp3) is 0.833. The number of amidine groups is 1. The molecular weight excluding hydrogens is 114 g/mol. The van der Waals surface area contributed by atoms with Gasteiger partial charge in [-0.1, -0.05) is 13.3 Å². The van der Waals surface area contributed by atoms with Crippen molar-refractivity contribution in [3.05, 3.63) is 0 Å². The third-order valence-corrected chi connectivity index (χ3v) is 1.48. The standard InChI is InChI=1S/C6H13N3/c1-2-3-5-4-6(7)9-8-5/h5,8H,2-4H2,1H3,(H2,7,9). The Kier molecular flexibility index (Phi) is 1.92. The largest absolute Gasteiger partial charge is 0.386 e. The van der Waals surface area contributed by atoms with Gasteiger partial charge in [-0.05, 0) is 6.42 Å². The van der Waals surface area contributed by atoms with Crippen LogP contribution >= 0.6 is 0 Å². The van der Waals surface area contributed by atoms with Crippen molar-refractivity contribution in [1.82, 2.24) is 5.43 Å². The molecule has 1 unspecified atom stereocenters. The summed E-state index contributed by atoms with van der Waals surface area (Å²) in [6, 6.07) is 0.509. The molecule has 0 amide bonds. The third kappa shape index (κ3) is 1.59. The van der Waals surface area contributed by atoms with E-state index in [4.69, 9.17) is 5.73 Å². The van der Waals surface area contributed by atoms with Crippen LogP contribution in [0.4, 0.5) is 0 Å². The summed E-state index contributed by atoms with van der Waals surface area (Å²) in [5.74, 6) is 0.744. The topological polar surface area (TPSA) is 50.4 Å². The van der Waals surface area contributed by atoms with Crippen LogP contribution < -0.4 is 11.2 Å². The van der Waals surface area contributed by atoms with E-state index in [1.165, 1.54) is 12.8 Å². The lowest BCUT2D eigenvalue weighted by Gasteiger charge is -2.04. The van der Waals surface area contributed by atoms with Crippen LogP contribution in [0.3, 0.4) is 0 Å². The van der Waals surface area contributed by atoms with Gasteiger partial charge in [-0.3, -0.25) is 0 Å². The molecule has 3 heteroatoms. The Morgan fingerprint density at radius 2 is 2.67 bits per heavy atom. The molecule has 1 heterocycles. The maximum atomic E-state index is 5.44. The highest BCUT2D eigenvalue weighted by Gasteiger charge is 2.13. The average molecular weight is 127 g/mol. The smallest absolute Gasteiger partial charge is 0.121 e. The minimum Gasteiger partial charge on any atom is -0.386 e. The zero-order chi connectivity index (χ0) is 6.69. The second-order valence-corrected chi connectivity index (χ2v) is 2.42. The molecule has 0 aromatic heterocycles. The summed E-state index contributed by atoms with van der Waals surface area (Å²) in [6.07, 6.45) is 3.29. The van der Waals surface area contributed by atoms with E-state index in [-0.39, 0.29) is 0 Å². The fourth-order valence-corrected chi connectivity index (χ4v) is 1.03. The van der Waals surface area contributed by atoms with Gasteiger partial charge in [0.15, 0.2) is 0 Å². The van der Waals surface area contributed by atoms with Gasteiger partial charge in [0.05, 0.1) is 6.04 Å². The minimum absolute atomic E-state index is 0.509. The van der Waals surface area contributed by atoms with Crippen molar-refractivity contribution in [2.24, 2.45) is 10.8 Å². The minimum atomic E-state index is 0.509. The van der Waals surface area contributed by atoms with Gasteiger partial charge in [0, 0.05) is 6.42 Å². The van der Waals surface area contributed by atoms with Crippen molar-refractivity contribution >= 4 is 5.84 Å². The van der Waals surface area contributed by atoms with Crippen LogP contribution in [0.25, 0.3) is 0 Å². The van der Waals surface area contributed by atoms with Crippen molar-refractivity contribution in [3.63, 3.8) is 0 Å². The molecule has 3 nitrogen and oxygen atoms in total.